The smallest absolute Gasteiger partial charge is 0.350 e. The van der Waals surface area contributed by atoms with Crippen LogP contribution >= 0.6 is 11.6 Å². The fourth-order valence-electron chi connectivity index (χ4n) is 4.72. The number of carbonyl (C=O) groups excluding carboxylic acids is 2. The second kappa shape index (κ2) is 9.72. The highest BCUT2D eigenvalue weighted by Crippen LogP contribution is 2.36. The summed E-state index contributed by atoms with van der Waals surface area (Å²) in [5.74, 6) is -2.13. The summed E-state index contributed by atoms with van der Waals surface area (Å²) in [7, 11) is 0. The number of amides is 2. The van der Waals surface area contributed by atoms with Crippen LogP contribution in [-0.2, 0) is 4.79 Å². The molecule has 1 aliphatic rings. The van der Waals surface area contributed by atoms with Crippen molar-refractivity contribution in [3.63, 3.8) is 0 Å². The van der Waals surface area contributed by atoms with Crippen molar-refractivity contribution in [2.24, 2.45) is 5.41 Å². The molecule has 0 bridgehead atoms. The minimum atomic E-state index is -4.53. The van der Waals surface area contributed by atoms with Crippen molar-refractivity contribution in [2.75, 3.05) is 13.1 Å². The van der Waals surface area contributed by atoms with Gasteiger partial charge < -0.3 is 14.6 Å². The Morgan fingerprint density at radius 1 is 1.22 bits per heavy atom. The number of pyridine rings is 1. The summed E-state index contributed by atoms with van der Waals surface area (Å²) in [5.41, 5.74) is -0.222. The summed E-state index contributed by atoms with van der Waals surface area (Å²) in [6.45, 7) is 2.76. The summed E-state index contributed by atoms with van der Waals surface area (Å²) < 4.78 is 55.1. The number of carbonyl (C=O) groups is 2. The van der Waals surface area contributed by atoms with E-state index in [1.807, 2.05) is 0 Å². The van der Waals surface area contributed by atoms with Crippen molar-refractivity contribution in [3.05, 3.63) is 71.0 Å². The molecular formula is C25H25ClF4N4O2. The molecule has 1 fully saturated rings. The second-order valence-electron chi connectivity index (χ2n) is 9.71. The first-order valence-corrected chi connectivity index (χ1v) is 11.8. The van der Waals surface area contributed by atoms with Crippen LogP contribution in [0.2, 0.25) is 5.02 Å². The predicted molar refractivity (Wildman–Crippen MR) is 126 cm³/mol. The van der Waals surface area contributed by atoms with Gasteiger partial charge in [-0.25, -0.2) is 9.37 Å². The van der Waals surface area contributed by atoms with Crippen LogP contribution in [0.1, 0.15) is 48.5 Å². The molecule has 4 rings (SSSR count). The maximum Gasteiger partial charge on any atom is 0.390 e. The third-order valence-electron chi connectivity index (χ3n) is 6.47. The van der Waals surface area contributed by atoms with Gasteiger partial charge in [0.2, 0.25) is 5.91 Å². The van der Waals surface area contributed by atoms with Crippen molar-refractivity contribution in [3.8, 4) is 0 Å². The molecule has 0 radical (unpaired) electrons. The Morgan fingerprint density at radius 2 is 1.97 bits per heavy atom. The zero-order valence-corrected chi connectivity index (χ0v) is 20.4. The number of fused-ring (bicyclic) bond motifs is 1. The lowest BCUT2D eigenvalue weighted by molar-refractivity contribution is -0.165. The first kappa shape index (κ1) is 25.9. The van der Waals surface area contributed by atoms with Gasteiger partial charge in [-0.3, -0.25) is 9.59 Å². The van der Waals surface area contributed by atoms with E-state index in [4.69, 9.17) is 11.6 Å². The number of hydrogen-bond acceptors (Lipinski definition) is 3. The molecule has 0 saturated carbocycles. The molecule has 36 heavy (non-hydrogen) atoms. The van der Waals surface area contributed by atoms with Gasteiger partial charge in [-0.05, 0) is 42.3 Å². The Morgan fingerprint density at radius 3 is 2.67 bits per heavy atom. The number of hydrogen-bond donors (Lipinski definition) is 1. The summed E-state index contributed by atoms with van der Waals surface area (Å²) in [6, 6.07) is 6.63. The van der Waals surface area contributed by atoms with E-state index in [9.17, 15) is 27.2 Å². The first-order chi connectivity index (χ1) is 16.8. The number of benzene rings is 1. The molecule has 3 heterocycles. The molecule has 2 amide bonds. The molecule has 1 saturated heterocycles. The number of rotatable bonds is 5. The summed E-state index contributed by atoms with van der Waals surface area (Å²) in [4.78, 5) is 32.0. The van der Waals surface area contributed by atoms with Crippen molar-refractivity contribution in [1.82, 2.24) is 19.6 Å². The van der Waals surface area contributed by atoms with E-state index in [1.54, 1.807) is 46.2 Å². The number of nitrogens with zero attached hydrogens (tertiary/aromatic N) is 3. The summed E-state index contributed by atoms with van der Waals surface area (Å²) in [6.07, 6.45) is -0.607. The number of alkyl halides is 3. The Hall–Kier alpha value is -3.14. The number of likely N-dealkylation sites (tertiary alicyclic amines) is 1. The molecule has 1 N–H and O–H groups in total. The number of imidazole rings is 1. The molecule has 6 nitrogen and oxygen atoms in total. The molecular weight excluding hydrogens is 500 g/mol. The minimum absolute atomic E-state index is 0.0284. The fourth-order valence-corrected chi connectivity index (χ4v) is 4.95. The van der Waals surface area contributed by atoms with Crippen LogP contribution in [0, 0.1) is 11.2 Å². The fraction of sp³-hybridized carbons (Fsp3) is 0.400. The molecule has 3 aromatic rings. The molecule has 0 spiro atoms. The van der Waals surface area contributed by atoms with Crippen LogP contribution < -0.4 is 5.32 Å². The average molecular weight is 525 g/mol. The average Bonchev–Trinajstić information content (AvgIpc) is 3.25. The topological polar surface area (TPSA) is 66.7 Å². The van der Waals surface area contributed by atoms with Crippen molar-refractivity contribution in [1.29, 1.82) is 0 Å². The Bertz CT molecular complexity index is 1270. The van der Waals surface area contributed by atoms with E-state index in [1.165, 1.54) is 19.9 Å². The van der Waals surface area contributed by atoms with Crippen molar-refractivity contribution < 1.29 is 27.2 Å². The summed E-state index contributed by atoms with van der Waals surface area (Å²) >= 11 is 6.05. The Labute approximate surface area is 210 Å². The van der Waals surface area contributed by atoms with E-state index in [2.05, 4.69) is 10.3 Å². The first-order valence-electron chi connectivity index (χ1n) is 11.4. The number of aromatic nitrogens is 2. The molecule has 192 valence electrons. The Kier molecular flexibility index (Phi) is 7.01. The quantitative estimate of drug-likeness (QED) is 0.465. The van der Waals surface area contributed by atoms with Gasteiger partial charge in [0.15, 0.2) is 0 Å². The molecule has 2 aromatic heterocycles. The highest BCUT2D eigenvalue weighted by molar-refractivity contribution is 6.30. The SMILES string of the molecule is CC(C)(CC(F)(F)F)C(=O)N[C@@H]1CN(C(=O)c2cccn3cncc23)CC[C@H]1c1cc(F)cc(Cl)c1. The van der Waals surface area contributed by atoms with Gasteiger partial charge in [0.05, 0.1) is 41.5 Å². The van der Waals surface area contributed by atoms with E-state index < -0.39 is 41.7 Å². The van der Waals surface area contributed by atoms with Crippen LogP contribution in [-0.4, -0.2) is 51.4 Å². The van der Waals surface area contributed by atoms with Gasteiger partial charge in [-0.1, -0.05) is 25.4 Å². The molecule has 1 aromatic carbocycles. The second-order valence-corrected chi connectivity index (χ2v) is 10.1. The summed E-state index contributed by atoms with van der Waals surface area (Å²) in [5, 5.41) is 2.89. The molecule has 2 atom stereocenters. The molecule has 1 aliphatic heterocycles. The number of nitrogens with one attached hydrogen (secondary N) is 1. The van der Waals surface area contributed by atoms with Gasteiger partial charge in [0.1, 0.15) is 5.82 Å². The molecule has 0 aliphatic carbocycles. The molecule has 0 unspecified atom stereocenters. The van der Waals surface area contributed by atoms with Crippen LogP contribution in [0.15, 0.2) is 49.1 Å². The van der Waals surface area contributed by atoms with E-state index >= 15 is 0 Å². The maximum atomic E-state index is 14.1. The zero-order valence-electron chi connectivity index (χ0n) is 19.6. The van der Waals surface area contributed by atoms with Gasteiger partial charge in [-0.15, -0.1) is 0 Å². The van der Waals surface area contributed by atoms with Crippen LogP contribution in [0.25, 0.3) is 5.52 Å². The number of halogens is 5. The van der Waals surface area contributed by atoms with Crippen molar-refractivity contribution >= 4 is 28.9 Å². The lowest BCUT2D eigenvalue weighted by Crippen LogP contribution is -2.55. The normalized spacial score (nSPS) is 18.9. The highest BCUT2D eigenvalue weighted by atomic mass is 35.5. The number of piperidine rings is 1. The third-order valence-corrected chi connectivity index (χ3v) is 6.69. The van der Waals surface area contributed by atoms with E-state index in [0.717, 1.165) is 6.07 Å². The monoisotopic (exact) mass is 524 g/mol. The molecule has 11 heteroatoms. The van der Waals surface area contributed by atoms with Crippen LogP contribution in [0.3, 0.4) is 0 Å². The highest BCUT2D eigenvalue weighted by Gasteiger charge is 2.43. The predicted octanol–water partition coefficient (Wildman–Crippen LogP) is 5.22. The largest absolute Gasteiger partial charge is 0.390 e. The maximum absolute atomic E-state index is 14.1. The van der Waals surface area contributed by atoms with Gasteiger partial charge in [0.25, 0.3) is 5.91 Å². The van der Waals surface area contributed by atoms with Gasteiger partial charge >= 0.3 is 6.18 Å². The van der Waals surface area contributed by atoms with E-state index in [0.29, 0.717) is 29.6 Å². The van der Waals surface area contributed by atoms with E-state index in [-0.39, 0.29) is 17.5 Å². The lowest BCUT2D eigenvalue weighted by Gasteiger charge is -2.40. The third kappa shape index (κ3) is 5.64. The van der Waals surface area contributed by atoms with Crippen LogP contribution in [0.5, 0.6) is 0 Å². The lowest BCUT2D eigenvalue weighted by atomic mass is 9.82. The van der Waals surface area contributed by atoms with Crippen molar-refractivity contribution in [2.45, 2.75) is 44.8 Å². The minimum Gasteiger partial charge on any atom is -0.350 e. The van der Waals surface area contributed by atoms with Gasteiger partial charge in [0, 0.05) is 30.2 Å². The van der Waals surface area contributed by atoms with Crippen LogP contribution in [0.4, 0.5) is 17.6 Å². The standard InChI is InChI=1S/C25H25ClF4N4O2/c1-24(2,13-25(28,29)30)23(36)32-20-12-33(7-5-18(20)15-8-16(26)10-17(27)9-15)22(35)19-4-3-6-34-14-31-11-21(19)34/h3-4,6,8-11,14,18,20H,5,7,12-13H2,1-2H3,(H,32,36)/t18-,20+/m0/s1. The Balaban J connectivity index is 1.63. The zero-order chi connectivity index (χ0) is 26.3. The van der Waals surface area contributed by atoms with Gasteiger partial charge in [-0.2, -0.15) is 13.2 Å².